The number of hydrogen-bond donors (Lipinski definition) is 4. The molecule has 158 valence electrons. The van der Waals surface area contributed by atoms with E-state index in [0.717, 1.165) is 6.07 Å². The lowest BCUT2D eigenvalue weighted by Crippen LogP contribution is -2.55. The summed E-state index contributed by atoms with van der Waals surface area (Å²) in [7, 11) is 1.39. The molecule has 11 heteroatoms. The number of nitrogens with zero attached hydrogens (tertiary/aromatic N) is 1. The highest BCUT2D eigenvalue weighted by molar-refractivity contribution is 6.71. The SMILES string of the molecule is CO[B-]12OC(C=Nc3ccc(C(=O)O)cc3O)=CC=C1Nc1ccc(C(=O)O)cc1O2. The van der Waals surface area contributed by atoms with E-state index in [1.165, 1.54) is 37.6 Å². The van der Waals surface area contributed by atoms with Gasteiger partial charge in [-0.15, -0.1) is 0 Å². The van der Waals surface area contributed by atoms with Gasteiger partial charge < -0.3 is 34.6 Å². The van der Waals surface area contributed by atoms with E-state index in [0.29, 0.717) is 11.3 Å². The van der Waals surface area contributed by atoms with Crippen LogP contribution in [-0.4, -0.2) is 47.3 Å². The van der Waals surface area contributed by atoms with E-state index >= 15 is 0 Å². The lowest BCUT2D eigenvalue weighted by molar-refractivity contribution is 0.0685. The summed E-state index contributed by atoms with van der Waals surface area (Å²) in [6.45, 7) is -2.49. The Kier molecular flexibility index (Phi) is 4.87. The van der Waals surface area contributed by atoms with Crippen molar-refractivity contribution in [2.24, 2.45) is 4.99 Å². The number of aromatic hydroxyl groups is 1. The Morgan fingerprint density at radius 2 is 1.77 bits per heavy atom. The number of carbonyl (C=O) groups is 2. The molecule has 2 aromatic carbocycles. The molecule has 4 rings (SSSR count). The van der Waals surface area contributed by atoms with Crippen molar-refractivity contribution in [1.82, 2.24) is 0 Å². The van der Waals surface area contributed by atoms with Crippen molar-refractivity contribution in [1.29, 1.82) is 0 Å². The van der Waals surface area contributed by atoms with Crippen molar-refractivity contribution in [2.75, 3.05) is 12.4 Å². The molecule has 0 saturated heterocycles. The molecule has 10 nitrogen and oxygen atoms in total. The number of aliphatic imine (C=N–C) groups is 1. The van der Waals surface area contributed by atoms with Gasteiger partial charge in [-0.2, -0.15) is 0 Å². The average Bonchev–Trinajstić information content (AvgIpc) is 2.76. The molecular formula is C20H16BN2O8-. The Labute approximate surface area is 175 Å². The van der Waals surface area contributed by atoms with Crippen LogP contribution in [0.1, 0.15) is 20.7 Å². The summed E-state index contributed by atoms with van der Waals surface area (Å²) in [5.41, 5.74) is 1.16. The van der Waals surface area contributed by atoms with E-state index < -0.39 is 18.7 Å². The number of fused-ring (bicyclic) bond motifs is 2. The molecule has 0 spiro atoms. The van der Waals surface area contributed by atoms with Crippen molar-refractivity contribution in [3.05, 3.63) is 71.0 Å². The number of carboxylic acids is 2. The zero-order valence-corrected chi connectivity index (χ0v) is 16.1. The van der Waals surface area contributed by atoms with Crippen LogP contribution >= 0.6 is 0 Å². The van der Waals surface area contributed by atoms with E-state index in [1.807, 2.05) is 0 Å². The number of nitrogens with one attached hydrogen (secondary N) is 1. The highest BCUT2D eigenvalue weighted by atomic mass is 16.8. The van der Waals surface area contributed by atoms with Crippen LogP contribution in [0.3, 0.4) is 0 Å². The molecule has 4 N–H and O–H groups in total. The molecule has 2 aliphatic heterocycles. The molecule has 0 fully saturated rings. The molecule has 0 saturated carbocycles. The molecule has 31 heavy (non-hydrogen) atoms. The number of aromatic carboxylic acids is 2. The summed E-state index contributed by atoms with van der Waals surface area (Å²) in [5, 5.41) is 31.3. The standard InChI is InChI=1S/C20H16BN2O8/c1-29-21-18(23-15-6-3-12(20(27)28)9-17(15)31-21)7-4-13(30-21)10-22-14-5-2-11(19(25)26)8-16(14)24/h2-10,23-24H,1H3,(H,25,26)(H,27,28)/q-1. The number of phenols is 1. The molecule has 0 aromatic heterocycles. The molecule has 0 bridgehead atoms. The molecule has 0 radical (unpaired) electrons. The van der Waals surface area contributed by atoms with Gasteiger partial charge in [0.25, 0.3) is 0 Å². The minimum atomic E-state index is -2.49. The molecular weight excluding hydrogens is 407 g/mol. The highest BCUT2D eigenvalue weighted by Gasteiger charge is 2.43. The summed E-state index contributed by atoms with van der Waals surface area (Å²) < 4.78 is 17.3. The normalized spacial score (nSPS) is 19.1. The van der Waals surface area contributed by atoms with Gasteiger partial charge in [0.2, 0.25) is 0 Å². The molecule has 2 heterocycles. The number of phenolic OH excluding ortho intramolecular Hbond substituents is 1. The monoisotopic (exact) mass is 423 g/mol. The first-order chi connectivity index (χ1) is 14.8. The van der Waals surface area contributed by atoms with Crippen molar-refractivity contribution in [3.63, 3.8) is 0 Å². The zero-order valence-electron chi connectivity index (χ0n) is 16.1. The van der Waals surface area contributed by atoms with Gasteiger partial charge in [-0.25, -0.2) is 14.6 Å². The van der Waals surface area contributed by atoms with Crippen LogP contribution in [0, 0.1) is 0 Å². The molecule has 0 aliphatic carbocycles. The average molecular weight is 423 g/mol. The van der Waals surface area contributed by atoms with Gasteiger partial charge >= 0.3 is 18.7 Å². The van der Waals surface area contributed by atoms with Gasteiger partial charge in [-0.1, -0.05) is 6.08 Å². The molecule has 2 aliphatic rings. The Balaban J connectivity index is 1.61. The maximum absolute atomic E-state index is 11.3. The zero-order chi connectivity index (χ0) is 22.2. The van der Waals surface area contributed by atoms with Crippen molar-refractivity contribution < 1.29 is 38.9 Å². The van der Waals surface area contributed by atoms with Crippen LogP contribution in [0.5, 0.6) is 11.5 Å². The van der Waals surface area contributed by atoms with E-state index in [9.17, 15) is 19.8 Å². The topological polar surface area (TPSA) is 147 Å². The Bertz CT molecular complexity index is 1190. The van der Waals surface area contributed by atoms with Gasteiger partial charge in [-0.05, 0) is 55.2 Å². The van der Waals surface area contributed by atoms with Crippen LogP contribution in [0.15, 0.2) is 64.9 Å². The molecule has 0 amide bonds. The van der Waals surface area contributed by atoms with Crippen LogP contribution in [0.2, 0.25) is 0 Å². The van der Waals surface area contributed by atoms with Crippen molar-refractivity contribution >= 4 is 36.3 Å². The maximum Gasteiger partial charge on any atom is 0.538 e. The second kappa shape index (κ2) is 7.54. The second-order valence-electron chi connectivity index (χ2n) is 6.71. The van der Waals surface area contributed by atoms with E-state index in [4.69, 9.17) is 19.1 Å². The van der Waals surface area contributed by atoms with E-state index in [2.05, 4.69) is 10.3 Å². The lowest BCUT2D eigenvalue weighted by Gasteiger charge is -2.48. The van der Waals surface area contributed by atoms with Crippen molar-refractivity contribution in [3.8, 4) is 11.5 Å². The fourth-order valence-corrected chi connectivity index (χ4v) is 3.16. The Morgan fingerprint density at radius 3 is 2.45 bits per heavy atom. The number of rotatable bonds is 5. The fourth-order valence-electron chi connectivity index (χ4n) is 3.16. The number of hydrogen-bond acceptors (Lipinski definition) is 8. The second-order valence-corrected chi connectivity index (χ2v) is 6.71. The third-order valence-electron chi connectivity index (χ3n) is 4.75. The minimum Gasteiger partial charge on any atom is -0.654 e. The number of benzene rings is 2. The molecule has 1 unspecified atom stereocenters. The molecule has 1 atom stereocenters. The first-order valence-corrected chi connectivity index (χ1v) is 9.05. The third-order valence-corrected chi connectivity index (χ3v) is 4.75. The Hall–Kier alpha value is -4.25. The van der Waals surface area contributed by atoms with Crippen LogP contribution in [0.4, 0.5) is 11.4 Å². The summed E-state index contributed by atoms with van der Waals surface area (Å²) in [5.74, 6) is -2.08. The predicted molar refractivity (Wildman–Crippen MR) is 111 cm³/mol. The van der Waals surface area contributed by atoms with Gasteiger partial charge in [0, 0.05) is 0 Å². The van der Waals surface area contributed by atoms with E-state index in [-0.39, 0.29) is 34.1 Å². The van der Waals surface area contributed by atoms with Crippen molar-refractivity contribution in [2.45, 2.75) is 0 Å². The van der Waals surface area contributed by atoms with Gasteiger partial charge in [-0.3, -0.25) is 0 Å². The van der Waals surface area contributed by atoms with Crippen LogP contribution in [-0.2, 0) is 9.31 Å². The summed E-state index contributed by atoms with van der Waals surface area (Å²) in [4.78, 5) is 26.3. The molecule has 2 aromatic rings. The smallest absolute Gasteiger partial charge is 0.538 e. The highest BCUT2D eigenvalue weighted by Crippen LogP contribution is 2.39. The third kappa shape index (κ3) is 3.69. The number of carboxylic acid groups (broad SMARTS) is 2. The first kappa shape index (κ1) is 20.0. The summed E-state index contributed by atoms with van der Waals surface area (Å²) in [6.07, 6.45) is 4.60. The van der Waals surface area contributed by atoms with Gasteiger partial charge in [0.1, 0.15) is 11.4 Å². The van der Waals surface area contributed by atoms with Gasteiger partial charge in [0.15, 0.2) is 0 Å². The first-order valence-electron chi connectivity index (χ1n) is 9.05. The lowest BCUT2D eigenvalue weighted by atomic mass is 9.70. The quantitative estimate of drug-likeness (QED) is 0.421. The van der Waals surface area contributed by atoms with Crippen LogP contribution < -0.4 is 9.97 Å². The summed E-state index contributed by atoms with van der Waals surface area (Å²) in [6, 6.07) is 8.16. The minimum absolute atomic E-state index is 0.0449. The summed E-state index contributed by atoms with van der Waals surface area (Å²) >= 11 is 0. The number of anilines is 1. The maximum atomic E-state index is 11.3. The predicted octanol–water partition coefficient (Wildman–Crippen LogP) is 2.92. The largest absolute Gasteiger partial charge is 0.654 e. The Morgan fingerprint density at radius 1 is 1.06 bits per heavy atom. The fraction of sp³-hybridized carbons (Fsp3) is 0.0500. The van der Waals surface area contributed by atoms with Gasteiger partial charge in [0.05, 0.1) is 34.5 Å². The van der Waals surface area contributed by atoms with E-state index in [1.54, 1.807) is 18.2 Å². The number of allylic oxidation sites excluding steroid dienone is 3. The van der Waals surface area contributed by atoms with Crippen LogP contribution in [0.25, 0.3) is 0 Å².